The van der Waals surface area contributed by atoms with E-state index in [2.05, 4.69) is 26.4 Å². The van der Waals surface area contributed by atoms with Crippen LogP contribution in [0.3, 0.4) is 0 Å². The third kappa shape index (κ3) is 5.81. The van der Waals surface area contributed by atoms with Crippen molar-refractivity contribution < 1.29 is 9.47 Å². The van der Waals surface area contributed by atoms with E-state index in [9.17, 15) is 5.26 Å². The zero-order chi connectivity index (χ0) is 20.9. The van der Waals surface area contributed by atoms with Crippen molar-refractivity contribution >= 4 is 36.1 Å². The quantitative estimate of drug-likeness (QED) is 0.520. The molecule has 0 atom stereocenters. The Bertz CT molecular complexity index is 1040. The number of pyridine rings is 2. The number of nitrogens with one attached hydrogen (secondary N) is 1. The van der Waals surface area contributed by atoms with Crippen LogP contribution < -0.4 is 15.0 Å². The van der Waals surface area contributed by atoms with E-state index >= 15 is 0 Å². The van der Waals surface area contributed by atoms with Gasteiger partial charge in [0.05, 0.1) is 36.2 Å². The average molecular weight is 479 g/mol. The molecule has 0 radical (unpaired) electrons. The molecule has 8 nitrogen and oxygen atoms in total. The van der Waals surface area contributed by atoms with Crippen LogP contribution in [0.5, 0.6) is 5.75 Å². The molecular weight excluding hydrogens is 451 g/mol. The summed E-state index contributed by atoms with van der Waals surface area (Å²) in [6, 6.07) is 8.24. The number of fused-ring (bicyclic) bond motifs is 1. The van der Waals surface area contributed by atoms with Gasteiger partial charge in [-0.3, -0.25) is 0 Å². The number of aromatic nitrogens is 3. The summed E-state index contributed by atoms with van der Waals surface area (Å²) in [6.45, 7) is 8.75. The molecule has 0 bridgehead atoms. The molecule has 1 aliphatic rings. The van der Waals surface area contributed by atoms with Gasteiger partial charge in [0.25, 0.3) is 0 Å². The molecule has 3 aromatic rings. The first-order valence-corrected chi connectivity index (χ1v) is 10.2. The molecule has 0 saturated carbocycles. The minimum absolute atomic E-state index is 0. The number of ether oxygens (including phenoxy) is 2. The minimum atomic E-state index is 0. The maximum atomic E-state index is 9.53. The highest BCUT2D eigenvalue weighted by molar-refractivity contribution is 5.86. The Kier molecular flexibility index (Phi) is 9.54. The van der Waals surface area contributed by atoms with E-state index in [1.165, 1.54) is 0 Å². The first-order chi connectivity index (χ1) is 14.7. The zero-order valence-electron chi connectivity index (χ0n) is 18.2. The third-order valence-corrected chi connectivity index (χ3v) is 5.01. The van der Waals surface area contributed by atoms with Gasteiger partial charge in [0, 0.05) is 43.5 Å². The molecule has 0 unspecified atom stereocenters. The maximum Gasteiger partial charge on any atom is 0.138 e. The Labute approximate surface area is 200 Å². The first-order valence-electron chi connectivity index (χ1n) is 10.2. The van der Waals surface area contributed by atoms with Gasteiger partial charge in [-0.1, -0.05) is 0 Å². The summed E-state index contributed by atoms with van der Waals surface area (Å²) in [6.07, 6.45) is 5.38. The van der Waals surface area contributed by atoms with Crippen molar-refractivity contribution in [2.45, 2.75) is 20.0 Å². The average Bonchev–Trinajstić information content (AvgIpc) is 3.20. The van der Waals surface area contributed by atoms with E-state index in [1.54, 1.807) is 16.9 Å². The Balaban J connectivity index is 0.00000181. The van der Waals surface area contributed by atoms with Crippen LogP contribution in [0, 0.1) is 11.3 Å². The van der Waals surface area contributed by atoms with Gasteiger partial charge in [-0.2, -0.15) is 10.4 Å². The van der Waals surface area contributed by atoms with E-state index in [0.717, 1.165) is 48.6 Å². The normalized spacial score (nSPS) is 13.4. The minimum Gasteiger partial charge on any atom is -0.490 e. The van der Waals surface area contributed by atoms with Gasteiger partial charge < -0.3 is 19.7 Å². The van der Waals surface area contributed by atoms with Gasteiger partial charge in [0.1, 0.15) is 24.2 Å². The molecule has 10 heteroatoms. The first kappa shape index (κ1) is 25.7. The van der Waals surface area contributed by atoms with Crippen LogP contribution in [0.4, 0.5) is 5.82 Å². The predicted octanol–water partition coefficient (Wildman–Crippen LogP) is 3.32. The predicted molar refractivity (Wildman–Crippen MR) is 129 cm³/mol. The van der Waals surface area contributed by atoms with Crippen molar-refractivity contribution in [2.75, 3.05) is 44.3 Å². The lowest BCUT2D eigenvalue weighted by atomic mass is 10.1. The zero-order valence-corrected chi connectivity index (χ0v) is 19.8. The Morgan fingerprint density at radius 3 is 2.59 bits per heavy atom. The summed E-state index contributed by atoms with van der Waals surface area (Å²) in [4.78, 5) is 6.94. The second kappa shape index (κ2) is 11.9. The van der Waals surface area contributed by atoms with Gasteiger partial charge in [-0.15, -0.1) is 24.8 Å². The second-order valence-electron chi connectivity index (χ2n) is 7.46. The van der Waals surface area contributed by atoms with Crippen molar-refractivity contribution in [1.29, 1.82) is 5.26 Å². The number of hydrogen-bond donors (Lipinski definition) is 1. The van der Waals surface area contributed by atoms with Crippen molar-refractivity contribution in [3.8, 4) is 22.9 Å². The number of nitriles is 1. The highest BCUT2D eigenvalue weighted by Gasteiger charge is 2.16. The molecule has 0 amide bonds. The van der Waals surface area contributed by atoms with Gasteiger partial charge in [0.15, 0.2) is 0 Å². The van der Waals surface area contributed by atoms with Crippen LogP contribution in [0.25, 0.3) is 16.6 Å². The van der Waals surface area contributed by atoms with Crippen molar-refractivity contribution in [1.82, 2.24) is 19.9 Å². The molecule has 1 fully saturated rings. The molecule has 4 rings (SSSR count). The van der Waals surface area contributed by atoms with Gasteiger partial charge in [0.2, 0.25) is 0 Å². The number of rotatable bonds is 7. The largest absolute Gasteiger partial charge is 0.490 e. The molecular formula is C22H28Cl2N6O2. The smallest absolute Gasteiger partial charge is 0.138 e. The van der Waals surface area contributed by atoms with Gasteiger partial charge >= 0.3 is 0 Å². The highest BCUT2D eigenvalue weighted by atomic mass is 35.5. The van der Waals surface area contributed by atoms with E-state index < -0.39 is 0 Å². The second-order valence-corrected chi connectivity index (χ2v) is 7.46. The van der Waals surface area contributed by atoms with Crippen molar-refractivity contribution in [3.63, 3.8) is 0 Å². The van der Waals surface area contributed by atoms with Crippen LogP contribution in [0.15, 0.2) is 36.8 Å². The standard InChI is InChI=1S/C22H26N6O2.2ClH/c1-16(2)29-9-10-30-19-11-20(22-18(12-23)14-26-28(22)15-19)17-3-4-21(25-13-17)27-7-5-24-6-8-27;;/h3-4,11,13-16,24H,5-10H2,1-2H3;2*1H. The van der Waals surface area contributed by atoms with Crippen LogP contribution in [0.1, 0.15) is 19.4 Å². The summed E-state index contributed by atoms with van der Waals surface area (Å²) in [5.74, 6) is 1.63. The molecule has 0 spiro atoms. The highest BCUT2D eigenvalue weighted by Crippen LogP contribution is 2.31. The summed E-state index contributed by atoms with van der Waals surface area (Å²) < 4.78 is 13.1. The van der Waals surface area contributed by atoms with E-state index in [0.29, 0.717) is 24.5 Å². The monoisotopic (exact) mass is 478 g/mol. The van der Waals surface area contributed by atoms with Crippen molar-refractivity contribution in [2.24, 2.45) is 0 Å². The Hall–Kier alpha value is -2.57. The molecule has 1 aliphatic heterocycles. The summed E-state index contributed by atoms with van der Waals surface area (Å²) in [7, 11) is 0. The fraction of sp³-hybridized carbons (Fsp3) is 0.409. The Morgan fingerprint density at radius 2 is 1.94 bits per heavy atom. The van der Waals surface area contributed by atoms with Crippen LogP contribution in [-0.4, -0.2) is 60.1 Å². The van der Waals surface area contributed by atoms with Crippen LogP contribution in [-0.2, 0) is 4.74 Å². The van der Waals surface area contributed by atoms with E-state index in [4.69, 9.17) is 9.47 Å². The topological polar surface area (TPSA) is 87.7 Å². The molecule has 1 N–H and O–H groups in total. The van der Waals surface area contributed by atoms with Gasteiger partial charge in [-0.05, 0) is 32.0 Å². The van der Waals surface area contributed by atoms with Gasteiger partial charge in [-0.25, -0.2) is 9.50 Å². The molecule has 1 saturated heterocycles. The summed E-state index contributed by atoms with van der Waals surface area (Å²) in [5, 5.41) is 17.2. The van der Waals surface area contributed by atoms with Crippen LogP contribution in [0.2, 0.25) is 0 Å². The lowest BCUT2D eigenvalue weighted by Crippen LogP contribution is -2.43. The third-order valence-electron chi connectivity index (χ3n) is 5.01. The number of piperazine rings is 1. The fourth-order valence-corrected chi connectivity index (χ4v) is 3.55. The van der Waals surface area contributed by atoms with E-state index in [-0.39, 0.29) is 30.9 Å². The number of halogens is 2. The lowest BCUT2D eigenvalue weighted by molar-refractivity contribution is 0.0552. The van der Waals surface area contributed by atoms with E-state index in [1.807, 2.05) is 38.2 Å². The Morgan fingerprint density at radius 1 is 1.16 bits per heavy atom. The number of anilines is 1. The number of hydrogen-bond acceptors (Lipinski definition) is 7. The molecule has 172 valence electrons. The molecule has 4 heterocycles. The molecule has 32 heavy (non-hydrogen) atoms. The SMILES string of the molecule is CC(C)OCCOc1cc(-c2ccc(N3CCNCC3)nc2)c2c(C#N)cnn2c1.Cl.Cl. The summed E-state index contributed by atoms with van der Waals surface area (Å²) in [5.41, 5.74) is 3.05. The lowest BCUT2D eigenvalue weighted by Gasteiger charge is -2.28. The van der Waals surface area contributed by atoms with Crippen molar-refractivity contribution in [3.05, 3.63) is 42.4 Å². The summed E-state index contributed by atoms with van der Waals surface area (Å²) >= 11 is 0. The molecule has 3 aromatic heterocycles. The molecule has 0 aromatic carbocycles. The van der Waals surface area contributed by atoms with Crippen LogP contribution >= 0.6 is 24.8 Å². The number of nitrogens with zero attached hydrogens (tertiary/aromatic N) is 5. The fourth-order valence-electron chi connectivity index (χ4n) is 3.55. The molecule has 0 aliphatic carbocycles. The maximum absolute atomic E-state index is 9.53.